The number of nitrogens with one attached hydrogen (secondary N) is 1. The van der Waals surface area contributed by atoms with Gasteiger partial charge >= 0.3 is 0 Å². The van der Waals surface area contributed by atoms with Crippen molar-refractivity contribution < 1.29 is 9.59 Å². The van der Waals surface area contributed by atoms with Crippen molar-refractivity contribution in [3.63, 3.8) is 0 Å². The van der Waals surface area contributed by atoms with Crippen LogP contribution in [0.4, 0.5) is 0 Å². The Labute approximate surface area is 160 Å². The van der Waals surface area contributed by atoms with Crippen LogP contribution >= 0.6 is 0 Å². The molecule has 5 heteroatoms. The SMILES string of the molecule is NC(Cc1ccccc1)C(=O)N1CCC(C(=O)NCc2ccccc2)CC1. The van der Waals surface area contributed by atoms with E-state index in [9.17, 15) is 9.59 Å². The van der Waals surface area contributed by atoms with Gasteiger partial charge in [-0.15, -0.1) is 0 Å². The summed E-state index contributed by atoms with van der Waals surface area (Å²) < 4.78 is 0. The van der Waals surface area contributed by atoms with Gasteiger partial charge in [0.15, 0.2) is 0 Å². The van der Waals surface area contributed by atoms with Crippen molar-refractivity contribution in [2.24, 2.45) is 11.7 Å². The van der Waals surface area contributed by atoms with Gasteiger partial charge in [0.1, 0.15) is 0 Å². The molecule has 0 spiro atoms. The second-order valence-electron chi connectivity index (χ2n) is 7.10. The quantitative estimate of drug-likeness (QED) is 0.823. The number of carbonyl (C=O) groups is 2. The number of hydrogen-bond acceptors (Lipinski definition) is 3. The first-order valence-corrected chi connectivity index (χ1v) is 9.53. The Balaban J connectivity index is 1.43. The summed E-state index contributed by atoms with van der Waals surface area (Å²) in [6.07, 6.45) is 1.91. The lowest BCUT2D eigenvalue weighted by atomic mass is 9.95. The lowest BCUT2D eigenvalue weighted by Crippen LogP contribution is -2.49. The molecule has 0 saturated carbocycles. The van der Waals surface area contributed by atoms with Crippen molar-refractivity contribution in [3.8, 4) is 0 Å². The molecule has 3 rings (SSSR count). The van der Waals surface area contributed by atoms with Gasteiger partial charge in [0, 0.05) is 25.6 Å². The highest BCUT2D eigenvalue weighted by atomic mass is 16.2. The molecule has 3 N–H and O–H groups in total. The molecule has 27 heavy (non-hydrogen) atoms. The molecule has 1 atom stereocenters. The van der Waals surface area contributed by atoms with Crippen molar-refractivity contribution in [1.82, 2.24) is 10.2 Å². The number of rotatable bonds is 6. The Hall–Kier alpha value is -2.66. The molecule has 2 aromatic carbocycles. The molecular formula is C22H27N3O2. The summed E-state index contributed by atoms with van der Waals surface area (Å²) in [7, 11) is 0. The van der Waals surface area contributed by atoms with E-state index >= 15 is 0 Å². The number of amides is 2. The maximum Gasteiger partial charge on any atom is 0.239 e. The molecule has 1 aliphatic rings. The van der Waals surface area contributed by atoms with Gasteiger partial charge in [-0.2, -0.15) is 0 Å². The molecule has 1 unspecified atom stereocenters. The topological polar surface area (TPSA) is 75.4 Å². The number of hydrogen-bond donors (Lipinski definition) is 2. The number of carbonyl (C=O) groups excluding carboxylic acids is 2. The van der Waals surface area contributed by atoms with Gasteiger partial charge in [0.05, 0.1) is 6.04 Å². The average Bonchev–Trinajstić information content (AvgIpc) is 2.73. The smallest absolute Gasteiger partial charge is 0.239 e. The van der Waals surface area contributed by atoms with E-state index in [2.05, 4.69) is 5.32 Å². The minimum absolute atomic E-state index is 0.0259. The number of nitrogens with zero attached hydrogens (tertiary/aromatic N) is 1. The van der Waals surface area contributed by atoms with E-state index < -0.39 is 6.04 Å². The zero-order valence-electron chi connectivity index (χ0n) is 15.5. The van der Waals surface area contributed by atoms with E-state index in [4.69, 9.17) is 5.73 Å². The van der Waals surface area contributed by atoms with Crippen LogP contribution in [0.1, 0.15) is 24.0 Å². The summed E-state index contributed by atoms with van der Waals surface area (Å²) in [4.78, 5) is 26.8. The summed E-state index contributed by atoms with van der Waals surface area (Å²) in [5.41, 5.74) is 8.27. The van der Waals surface area contributed by atoms with Crippen LogP contribution < -0.4 is 11.1 Å². The van der Waals surface area contributed by atoms with Crippen molar-refractivity contribution in [3.05, 3.63) is 71.8 Å². The molecule has 1 fully saturated rings. The maximum absolute atomic E-state index is 12.6. The van der Waals surface area contributed by atoms with Crippen LogP contribution in [0.3, 0.4) is 0 Å². The predicted molar refractivity (Wildman–Crippen MR) is 106 cm³/mol. The van der Waals surface area contributed by atoms with E-state index in [0.29, 0.717) is 38.9 Å². The first kappa shape index (κ1) is 19.1. The Bertz CT molecular complexity index is 741. The minimum atomic E-state index is -0.532. The van der Waals surface area contributed by atoms with Crippen LogP contribution in [0.5, 0.6) is 0 Å². The Kier molecular flexibility index (Phi) is 6.60. The van der Waals surface area contributed by atoms with Crippen LogP contribution in [0, 0.1) is 5.92 Å². The van der Waals surface area contributed by atoms with E-state index in [1.807, 2.05) is 60.7 Å². The van der Waals surface area contributed by atoms with Gasteiger partial charge in [-0.3, -0.25) is 9.59 Å². The lowest BCUT2D eigenvalue weighted by molar-refractivity contribution is -0.136. The monoisotopic (exact) mass is 365 g/mol. The Morgan fingerprint density at radius 3 is 2.11 bits per heavy atom. The molecule has 1 aliphatic heterocycles. The average molecular weight is 365 g/mol. The molecule has 0 bridgehead atoms. The van der Waals surface area contributed by atoms with E-state index in [1.54, 1.807) is 4.90 Å². The van der Waals surface area contributed by atoms with E-state index in [0.717, 1.165) is 11.1 Å². The zero-order valence-corrected chi connectivity index (χ0v) is 15.5. The lowest BCUT2D eigenvalue weighted by Gasteiger charge is -2.33. The molecule has 5 nitrogen and oxygen atoms in total. The number of nitrogens with two attached hydrogens (primary N) is 1. The normalized spacial score (nSPS) is 16.0. The summed E-state index contributed by atoms with van der Waals surface area (Å²) in [5.74, 6) is 0.00430. The van der Waals surface area contributed by atoms with Gasteiger partial charge in [-0.1, -0.05) is 60.7 Å². The highest BCUT2D eigenvalue weighted by molar-refractivity contribution is 5.83. The summed E-state index contributed by atoms with van der Waals surface area (Å²) in [6, 6.07) is 19.2. The second kappa shape index (κ2) is 9.33. The first-order chi connectivity index (χ1) is 13.1. The minimum Gasteiger partial charge on any atom is -0.352 e. The van der Waals surface area contributed by atoms with Gasteiger partial charge in [-0.25, -0.2) is 0 Å². The fourth-order valence-corrected chi connectivity index (χ4v) is 3.48. The molecule has 2 aromatic rings. The number of benzene rings is 2. The fourth-order valence-electron chi connectivity index (χ4n) is 3.48. The molecule has 0 aromatic heterocycles. The van der Waals surface area contributed by atoms with Crippen LogP contribution in [0.2, 0.25) is 0 Å². The maximum atomic E-state index is 12.6. The van der Waals surface area contributed by atoms with Crippen LogP contribution in [-0.2, 0) is 22.6 Å². The summed E-state index contributed by atoms with van der Waals surface area (Å²) in [5, 5.41) is 3.00. The zero-order chi connectivity index (χ0) is 19.1. The standard InChI is InChI=1S/C22H27N3O2/c23-20(15-17-7-3-1-4-8-17)22(27)25-13-11-19(12-14-25)21(26)24-16-18-9-5-2-6-10-18/h1-10,19-20H,11-16,23H2,(H,24,26). The van der Waals surface area contributed by atoms with E-state index in [1.165, 1.54) is 0 Å². The molecule has 2 amide bonds. The molecule has 142 valence electrons. The number of likely N-dealkylation sites (tertiary alicyclic amines) is 1. The van der Waals surface area contributed by atoms with Gasteiger partial charge in [0.2, 0.25) is 11.8 Å². The second-order valence-corrected chi connectivity index (χ2v) is 7.10. The summed E-state index contributed by atoms with van der Waals surface area (Å²) in [6.45, 7) is 1.72. The fraction of sp³-hybridized carbons (Fsp3) is 0.364. The van der Waals surface area contributed by atoms with Crippen molar-refractivity contribution in [2.75, 3.05) is 13.1 Å². The molecule has 1 saturated heterocycles. The van der Waals surface area contributed by atoms with Gasteiger partial charge in [-0.05, 0) is 30.4 Å². The first-order valence-electron chi connectivity index (χ1n) is 9.53. The Morgan fingerprint density at radius 2 is 1.52 bits per heavy atom. The van der Waals surface area contributed by atoms with Crippen molar-refractivity contribution in [2.45, 2.75) is 31.8 Å². The molecule has 0 aliphatic carbocycles. The van der Waals surface area contributed by atoms with Gasteiger partial charge < -0.3 is 16.0 Å². The van der Waals surface area contributed by atoms with Crippen molar-refractivity contribution >= 4 is 11.8 Å². The largest absolute Gasteiger partial charge is 0.352 e. The third-order valence-electron chi connectivity index (χ3n) is 5.10. The van der Waals surface area contributed by atoms with E-state index in [-0.39, 0.29) is 17.7 Å². The van der Waals surface area contributed by atoms with Crippen LogP contribution in [-0.4, -0.2) is 35.8 Å². The molecular weight excluding hydrogens is 338 g/mol. The molecule has 0 radical (unpaired) electrons. The third-order valence-corrected chi connectivity index (χ3v) is 5.10. The third kappa shape index (κ3) is 5.41. The predicted octanol–water partition coefficient (Wildman–Crippen LogP) is 2.11. The highest BCUT2D eigenvalue weighted by Gasteiger charge is 2.29. The highest BCUT2D eigenvalue weighted by Crippen LogP contribution is 2.18. The van der Waals surface area contributed by atoms with Crippen molar-refractivity contribution in [1.29, 1.82) is 0 Å². The van der Waals surface area contributed by atoms with Gasteiger partial charge in [0.25, 0.3) is 0 Å². The van der Waals surface area contributed by atoms with Crippen LogP contribution in [0.15, 0.2) is 60.7 Å². The number of piperidine rings is 1. The van der Waals surface area contributed by atoms with Crippen LogP contribution in [0.25, 0.3) is 0 Å². The Morgan fingerprint density at radius 1 is 0.963 bits per heavy atom. The molecule has 1 heterocycles. The summed E-state index contributed by atoms with van der Waals surface area (Å²) >= 11 is 0.